The Morgan fingerprint density at radius 3 is 2.59 bits per heavy atom. The number of aromatic nitrogens is 3. The van der Waals surface area contributed by atoms with Gasteiger partial charge in [0, 0.05) is 16.3 Å². The molecule has 1 amide bonds. The molecule has 27 heavy (non-hydrogen) atoms. The quantitative estimate of drug-likeness (QED) is 0.730. The lowest BCUT2D eigenvalue weighted by Crippen LogP contribution is -2.34. The maximum Gasteiger partial charge on any atom is 0.365 e. The van der Waals surface area contributed by atoms with Gasteiger partial charge >= 0.3 is 5.69 Å². The SMILES string of the molecule is COc1ccc(-c2cnn([C@@H](C)C(=O)Nc3cccc(Cl)c3)c(=O)n2)cc1. The molecule has 0 fully saturated rings. The Hall–Kier alpha value is -3.19. The van der Waals surface area contributed by atoms with Gasteiger partial charge in [0.2, 0.25) is 5.91 Å². The van der Waals surface area contributed by atoms with Crippen molar-refractivity contribution in [3.63, 3.8) is 0 Å². The second-order valence-electron chi connectivity index (χ2n) is 5.77. The molecule has 1 N–H and O–H groups in total. The summed E-state index contributed by atoms with van der Waals surface area (Å²) in [5.41, 5.74) is 1.07. The number of anilines is 1. The fraction of sp³-hybridized carbons (Fsp3) is 0.158. The van der Waals surface area contributed by atoms with Crippen molar-refractivity contribution >= 4 is 23.2 Å². The van der Waals surface area contributed by atoms with E-state index in [4.69, 9.17) is 16.3 Å². The molecule has 3 rings (SSSR count). The Kier molecular flexibility index (Phi) is 5.52. The highest BCUT2D eigenvalue weighted by Crippen LogP contribution is 2.19. The van der Waals surface area contributed by atoms with Gasteiger partial charge in [-0.3, -0.25) is 4.79 Å². The molecule has 0 radical (unpaired) electrons. The summed E-state index contributed by atoms with van der Waals surface area (Å²) in [6.07, 6.45) is 1.45. The molecular formula is C19H17ClN4O3. The van der Waals surface area contributed by atoms with E-state index in [1.807, 2.05) is 0 Å². The van der Waals surface area contributed by atoms with Gasteiger partial charge in [0.15, 0.2) is 0 Å². The van der Waals surface area contributed by atoms with E-state index in [9.17, 15) is 9.59 Å². The first kappa shape index (κ1) is 18.6. The van der Waals surface area contributed by atoms with E-state index < -0.39 is 17.6 Å². The summed E-state index contributed by atoms with van der Waals surface area (Å²) in [4.78, 5) is 28.8. The van der Waals surface area contributed by atoms with E-state index in [2.05, 4.69) is 15.4 Å². The smallest absolute Gasteiger partial charge is 0.365 e. The summed E-state index contributed by atoms with van der Waals surface area (Å²) in [7, 11) is 1.58. The van der Waals surface area contributed by atoms with Crippen LogP contribution in [0, 0.1) is 0 Å². The largest absolute Gasteiger partial charge is 0.497 e. The van der Waals surface area contributed by atoms with E-state index in [1.54, 1.807) is 62.6 Å². The van der Waals surface area contributed by atoms with E-state index in [-0.39, 0.29) is 0 Å². The first-order chi connectivity index (χ1) is 13.0. The summed E-state index contributed by atoms with van der Waals surface area (Å²) in [6, 6.07) is 13.0. The molecule has 1 heterocycles. The molecule has 7 nitrogen and oxygen atoms in total. The van der Waals surface area contributed by atoms with Crippen LogP contribution in [0.5, 0.6) is 5.75 Å². The first-order valence-electron chi connectivity index (χ1n) is 8.14. The Morgan fingerprint density at radius 1 is 1.22 bits per heavy atom. The summed E-state index contributed by atoms with van der Waals surface area (Å²) >= 11 is 5.91. The number of carbonyl (C=O) groups is 1. The van der Waals surface area contributed by atoms with Crippen molar-refractivity contribution in [1.29, 1.82) is 0 Å². The monoisotopic (exact) mass is 384 g/mol. The van der Waals surface area contributed by atoms with Crippen LogP contribution < -0.4 is 15.7 Å². The molecule has 3 aromatic rings. The van der Waals surface area contributed by atoms with Gasteiger partial charge in [-0.15, -0.1) is 0 Å². The van der Waals surface area contributed by atoms with Gasteiger partial charge in [0.1, 0.15) is 11.8 Å². The highest BCUT2D eigenvalue weighted by atomic mass is 35.5. The van der Waals surface area contributed by atoms with E-state index in [0.717, 1.165) is 10.2 Å². The fourth-order valence-corrected chi connectivity index (χ4v) is 2.63. The predicted octanol–water partition coefficient (Wildman–Crippen LogP) is 3.17. The Balaban J connectivity index is 1.79. The summed E-state index contributed by atoms with van der Waals surface area (Å²) in [5.74, 6) is 0.303. The number of hydrogen-bond acceptors (Lipinski definition) is 5. The number of ether oxygens (including phenoxy) is 1. The number of nitrogens with zero attached hydrogens (tertiary/aromatic N) is 3. The second kappa shape index (κ2) is 8.01. The van der Waals surface area contributed by atoms with Gasteiger partial charge in [-0.25, -0.2) is 9.48 Å². The number of methoxy groups -OCH3 is 1. The zero-order chi connectivity index (χ0) is 19.4. The molecule has 0 spiro atoms. The van der Waals surface area contributed by atoms with Crippen molar-refractivity contribution in [3.8, 4) is 17.0 Å². The summed E-state index contributed by atoms with van der Waals surface area (Å²) in [6.45, 7) is 1.57. The lowest BCUT2D eigenvalue weighted by Gasteiger charge is -2.14. The number of amides is 1. The molecule has 8 heteroatoms. The standard InChI is InChI=1S/C19H17ClN4O3/c1-12(18(25)22-15-5-3-4-14(20)10-15)24-19(26)23-17(11-21-24)13-6-8-16(27-2)9-7-13/h3-12H,1-2H3,(H,22,25)/t12-/m0/s1. The molecule has 0 aliphatic heterocycles. The third-order valence-corrected chi connectivity index (χ3v) is 4.18. The maximum atomic E-state index is 12.4. The van der Waals surface area contributed by atoms with Crippen LogP contribution in [0.2, 0.25) is 5.02 Å². The molecule has 0 saturated carbocycles. The van der Waals surface area contributed by atoms with Crippen LogP contribution in [0.3, 0.4) is 0 Å². The molecule has 0 aliphatic rings. The normalized spacial score (nSPS) is 11.7. The van der Waals surface area contributed by atoms with Crippen molar-refractivity contribution in [2.45, 2.75) is 13.0 Å². The van der Waals surface area contributed by atoms with Crippen LogP contribution in [0.15, 0.2) is 59.5 Å². The van der Waals surface area contributed by atoms with Crippen LogP contribution in [-0.4, -0.2) is 27.8 Å². The lowest BCUT2D eigenvalue weighted by atomic mass is 10.1. The Labute approximate surface area is 160 Å². The molecule has 0 saturated heterocycles. The minimum atomic E-state index is -0.839. The molecule has 0 unspecified atom stereocenters. The van der Waals surface area contributed by atoms with E-state index >= 15 is 0 Å². The Bertz CT molecular complexity index is 1020. The molecule has 0 aliphatic carbocycles. The number of carbonyl (C=O) groups excluding carboxylic acids is 1. The van der Waals surface area contributed by atoms with Crippen LogP contribution in [-0.2, 0) is 4.79 Å². The molecule has 1 atom stereocenters. The van der Waals surface area contributed by atoms with Crippen LogP contribution in [0.1, 0.15) is 13.0 Å². The molecule has 138 valence electrons. The second-order valence-corrected chi connectivity index (χ2v) is 6.21. The number of benzene rings is 2. The molecular weight excluding hydrogens is 368 g/mol. The minimum Gasteiger partial charge on any atom is -0.497 e. The van der Waals surface area contributed by atoms with Gasteiger partial charge in [-0.2, -0.15) is 10.1 Å². The maximum absolute atomic E-state index is 12.4. The minimum absolute atomic E-state index is 0.397. The van der Waals surface area contributed by atoms with Crippen LogP contribution in [0.4, 0.5) is 5.69 Å². The van der Waals surface area contributed by atoms with E-state index in [0.29, 0.717) is 22.2 Å². The van der Waals surface area contributed by atoms with Crippen molar-refractivity contribution in [2.75, 3.05) is 12.4 Å². The lowest BCUT2D eigenvalue weighted by molar-refractivity contribution is -0.119. The summed E-state index contributed by atoms with van der Waals surface area (Å²) in [5, 5.41) is 7.30. The van der Waals surface area contributed by atoms with Gasteiger partial charge in [-0.1, -0.05) is 17.7 Å². The zero-order valence-corrected chi connectivity index (χ0v) is 15.5. The van der Waals surface area contributed by atoms with Gasteiger partial charge in [-0.05, 0) is 49.4 Å². The topological polar surface area (TPSA) is 86.1 Å². The van der Waals surface area contributed by atoms with Gasteiger partial charge < -0.3 is 10.1 Å². The first-order valence-corrected chi connectivity index (χ1v) is 8.52. The number of hydrogen-bond donors (Lipinski definition) is 1. The van der Waals surface area contributed by atoms with E-state index in [1.165, 1.54) is 6.20 Å². The summed E-state index contributed by atoms with van der Waals surface area (Å²) < 4.78 is 6.14. The average Bonchev–Trinajstić information content (AvgIpc) is 2.67. The fourth-order valence-electron chi connectivity index (χ4n) is 2.44. The van der Waals surface area contributed by atoms with Crippen molar-refractivity contribution < 1.29 is 9.53 Å². The number of rotatable bonds is 5. The number of halogens is 1. The van der Waals surface area contributed by atoms with Crippen molar-refractivity contribution in [1.82, 2.24) is 14.8 Å². The van der Waals surface area contributed by atoms with Crippen molar-refractivity contribution in [3.05, 3.63) is 70.2 Å². The Morgan fingerprint density at radius 2 is 1.96 bits per heavy atom. The average molecular weight is 385 g/mol. The van der Waals surface area contributed by atoms with Crippen LogP contribution in [0.25, 0.3) is 11.3 Å². The van der Waals surface area contributed by atoms with Gasteiger partial charge in [0.25, 0.3) is 0 Å². The predicted molar refractivity (Wildman–Crippen MR) is 103 cm³/mol. The molecule has 1 aromatic heterocycles. The van der Waals surface area contributed by atoms with Crippen LogP contribution >= 0.6 is 11.6 Å². The zero-order valence-electron chi connectivity index (χ0n) is 14.7. The third-order valence-electron chi connectivity index (χ3n) is 3.94. The van der Waals surface area contributed by atoms with Crippen molar-refractivity contribution in [2.24, 2.45) is 0 Å². The third kappa shape index (κ3) is 4.32. The van der Waals surface area contributed by atoms with Gasteiger partial charge in [0.05, 0.1) is 19.0 Å². The molecule has 0 bridgehead atoms. The highest BCUT2D eigenvalue weighted by molar-refractivity contribution is 6.30. The highest BCUT2D eigenvalue weighted by Gasteiger charge is 2.18. The molecule has 2 aromatic carbocycles. The number of nitrogens with one attached hydrogen (secondary N) is 1.